The quantitative estimate of drug-likeness (QED) is 0.304. The van der Waals surface area contributed by atoms with Crippen molar-refractivity contribution in [1.82, 2.24) is 24.8 Å². The molecule has 0 aromatic carbocycles. The average Bonchev–Trinajstić information content (AvgIpc) is 3.13. The standard InChI is InChI=1S/C17H28N6O4/c24-9-12-14(26)15(27)13(25)8-23(12)6-4-2-1-3-5-18-17-19-7-11-16(22-17)21-10-20-11/h7,10,12-15,24-27H,1-6,8-9H2,(H2,18,19,20,21,22). The second-order valence-corrected chi connectivity index (χ2v) is 6.97. The molecule has 150 valence electrons. The number of hydrogen-bond donors (Lipinski definition) is 6. The van der Waals surface area contributed by atoms with Gasteiger partial charge in [0, 0.05) is 13.1 Å². The van der Waals surface area contributed by atoms with Crippen LogP contribution in [0, 0.1) is 0 Å². The van der Waals surface area contributed by atoms with Crippen LogP contribution in [-0.4, -0.2) is 95.9 Å². The Morgan fingerprint density at radius 1 is 1.11 bits per heavy atom. The predicted molar refractivity (Wildman–Crippen MR) is 99.1 cm³/mol. The zero-order valence-electron chi connectivity index (χ0n) is 15.2. The molecule has 6 N–H and O–H groups in total. The average molecular weight is 380 g/mol. The van der Waals surface area contributed by atoms with Gasteiger partial charge >= 0.3 is 0 Å². The lowest BCUT2D eigenvalue weighted by atomic mass is 9.94. The Morgan fingerprint density at radius 2 is 1.93 bits per heavy atom. The number of aliphatic hydroxyl groups is 4. The maximum Gasteiger partial charge on any atom is 0.224 e. The first kappa shape index (κ1) is 19.9. The highest BCUT2D eigenvalue weighted by Crippen LogP contribution is 2.19. The lowest BCUT2D eigenvalue weighted by Crippen LogP contribution is -2.62. The number of aromatic nitrogens is 4. The maximum absolute atomic E-state index is 9.97. The summed E-state index contributed by atoms with van der Waals surface area (Å²) in [6.07, 6.45) is 3.84. The maximum atomic E-state index is 9.97. The van der Waals surface area contributed by atoms with E-state index >= 15 is 0 Å². The normalized spacial score (nSPS) is 26.5. The Morgan fingerprint density at radius 3 is 2.74 bits per heavy atom. The van der Waals surface area contributed by atoms with Gasteiger partial charge in [-0.15, -0.1) is 0 Å². The molecule has 1 aliphatic rings. The van der Waals surface area contributed by atoms with Gasteiger partial charge in [-0.3, -0.25) is 4.90 Å². The molecule has 4 atom stereocenters. The van der Waals surface area contributed by atoms with Crippen molar-refractivity contribution in [1.29, 1.82) is 0 Å². The van der Waals surface area contributed by atoms with E-state index in [0.717, 1.165) is 37.7 Å². The summed E-state index contributed by atoms with van der Waals surface area (Å²) in [7, 11) is 0. The molecule has 10 heteroatoms. The number of aliphatic hydroxyl groups excluding tert-OH is 4. The summed E-state index contributed by atoms with van der Waals surface area (Å²) in [4.78, 5) is 17.4. The van der Waals surface area contributed by atoms with E-state index in [1.807, 2.05) is 4.90 Å². The molecule has 1 aliphatic heterocycles. The van der Waals surface area contributed by atoms with Crippen molar-refractivity contribution in [3.8, 4) is 0 Å². The Kier molecular flexibility index (Phi) is 6.91. The fourth-order valence-electron chi connectivity index (χ4n) is 3.45. The minimum atomic E-state index is -1.20. The number of unbranched alkanes of at least 4 members (excludes halogenated alkanes) is 3. The Bertz CT molecular complexity index is 714. The fourth-order valence-corrected chi connectivity index (χ4v) is 3.45. The Labute approximate surface area is 157 Å². The van der Waals surface area contributed by atoms with Crippen LogP contribution < -0.4 is 5.32 Å². The molecule has 27 heavy (non-hydrogen) atoms. The zero-order chi connectivity index (χ0) is 19.2. The largest absolute Gasteiger partial charge is 0.395 e. The number of aromatic amines is 1. The van der Waals surface area contributed by atoms with Gasteiger partial charge in [0.25, 0.3) is 0 Å². The number of fused-ring (bicyclic) bond motifs is 1. The highest BCUT2D eigenvalue weighted by molar-refractivity contribution is 5.69. The summed E-state index contributed by atoms with van der Waals surface area (Å²) in [5, 5.41) is 42.1. The number of imidazole rings is 1. The monoisotopic (exact) mass is 380 g/mol. The van der Waals surface area contributed by atoms with Crippen molar-refractivity contribution in [2.45, 2.75) is 50.0 Å². The van der Waals surface area contributed by atoms with E-state index in [1.165, 1.54) is 0 Å². The lowest BCUT2D eigenvalue weighted by Gasteiger charge is -2.43. The second-order valence-electron chi connectivity index (χ2n) is 6.97. The minimum Gasteiger partial charge on any atom is -0.395 e. The first-order chi connectivity index (χ1) is 13.1. The van der Waals surface area contributed by atoms with Crippen molar-refractivity contribution in [2.75, 3.05) is 31.6 Å². The van der Waals surface area contributed by atoms with Crippen molar-refractivity contribution in [2.24, 2.45) is 0 Å². The number of nitrogens with one attached hydrogen (secondary N) is 2. The van der Waals surface area contributed by atoms with E-state index in [0.29, 0.717) is 18.1 Å². The highest BCUT2D eigenvalue weighted by Gasteiger charge is 2.40. The topological polar surface area (TPSA) is 151 Å². The number of anilines is 1. The summed E-state index contributed by atoms with van der Waals surface area (Å²) in [5.74, 6) is 0.565. The molecule has 10 nitrogen and oxygen atoms in total. The van der Waals surface area contributed by atoms with E-state index in [4.69, 9.17) is 0 Å². The molecule has 0 radical (unpaired) electrons. The number of H-pyrrole nitrogens is 1. The number of hydrogen-bond acceptors (Lipinski definition) is 9. The van der Waals surface area contributed by atoms with E-state index in [1.54, 1.807) is 12.5 Å². The SMILES string of the molecule is OCC1C(O)C(O)C(O)CN1CCCCCCNc1ncc2[nH]cnc2n1. The molecular weight excluding hydrogens is 352 g/mol. The van der Waals surface area contributed by atoms with Gasteiger partial charge in [0.1, 0.15) is 17.7 Å². The molecule has 4 unspecified atom stereocenters. The molecule has 0 bridgehead atoms. The van der Waals surface area contributed by atoms with Gasteiger partial charge in [-0.2, -0.15) is 4.98 Å². The number of rotatable bonds is 9. The molecule has 3 rings (SSSR count). The summed E-state index contributed by atoms with van der Waals surface area (Å²) in [5.41, 5.74) is 1.45. The van der Waals surface area contributed by atoms with Crippen LogP contribution in [0.25, 0.3) is 11.2 Å². The van der Waals surface area contributed by atoms with E-state index in [-0.39, 0.29) is 13.2 Å². The van der Waals surface area contributed by atoms with Gasteiger partial charge in [0.15, 0.2) is 5.65 Å². The first-order valence-corrected chi connectivity index (χ1v) is 9.39. The molecule has 2 aromatic rings. The van der Waals surface area contributed by atoms with Gasteiger partial charge in [-0.05, 0) is 19.4 Å². The van der Waals surface area contributed by atoms with E-state index < -0.39 is 24.4 Å². The number of nitrogens with zero attached hydrogens (tertiary/aromatic N) is 4. The smallest absolute Gasteiger partial charge is 0.224 e. The third-order valence-electron chi connectivity index (χ3n) is 5.05. The number of β-amino-alcohol motifs (C(OH)–C–C–N with tert-alkyl or cyclic N) is 1. The predicted octanol–water partition coefficient (Wildman–Crippen LogP) is -0.916. The van der Waals surface area contributed by atoms with Gasteiger partial charge in [0.05, 0.1) is 31.3 Å². The molecule has 1 fully saturated rings. The van der Waals surface area contributed by atoms with Crippen LogP contribution >= 0.6 is 0 Å². The molecule has 2 aromatic heterocycles. The lowest BCUT2D eigenvalue weighted by molar-refractivity contribution is -0.145. The van der Waals surface area contributed by atoms with Crippen LogP contribution in [0.2, 0.25) is 0 Å². The summed E-state index contributed by atoms with van der Waals surface area (Å²) in [6.45, 7) is 1.45. The minimum absolute atomic E-state index is 0.241. The first-order valence-electron chi connectivity index (χ1n) is 9.39. The van der Waals surface area contributed by atoms with Crippen LogP contribution in [0.1, 0.15) is 25.7 Å². The Balaban J connectivity index is 1.32. The molecule has 3 heterocycles. The van der Waals surface area contributed by atoms with Crippen molar-refractivity contribution in [3.05, 3.63) is 12.5 Å². The highest BCUT2D eigenvalue weighted by atomic mass is 16.4. The van der Waals surface area contributed by atoms with Crippen molar-refractivity contribution < 1.29 is 20.4 Å². The fraction of sp³-hybridized carbons (Fsp3) is 0.706. The summed E-state index contributed by atoms with van der Waals surface area (Å²) in [6, 6.07) is -0.529. The van der Waals surface area contributed by atoms with Crippen LogP contribution in [0.15, 0.2) is 12.5 Å². The van der Waals surface area contributed by atoms with Crippen LogP contribution in [0.3, 0.4) is 0 Å². The zero-order valence-corrected chi connectivity index (χ0v) is 15.2. The van der Waals surface area contributed by atoms with Crippen molar-refractivity contribution in [3.63, 3.8) is 0 Å². The van der Waals surface area contributed by atoms with Gasteiger partial charge in [0.2, 0.25) is 5.95 Å². The number of likely N-dealkylation sites (tertiary alicyclic amines) is 1. The second kappa shape index (κ2) is 9.38. The van der Waals surface area contributed by atoms with Crippen LogP contribution in [0.5, 0.6) is 0 Å². The summed E-state index contributed by atoms with van der Waals surface area (Å²) >= 11 is 0. The van der Waals surface area contributed by atoms with Crippen molar-refractivity contribution >= 4 is 17.1 Å². The molecule has 1 saturated heterocycles. The third-order valence-corrected chi connectivity index (χ3v) is 5.05. The molecular formula is C17H28N6O4. The Hall–Kier alpha value is -1.85. The summed E-state index contributed by atoms with van der Waals surface area (Å²) < 4.78 is 0. The van der Waals surface area contributed by atoms with E-state index in [9.17, 15) is 20.4 Å². The molecule has 0 spiro atoms. The van der Waals surface area contributed by atoms with Crippen LogP contribution in [0.4, 0.5) is 5.95 Å². The molecule has 0 aliphatic carbocycles. The van der Waals surface area contributed by atoms with Gasteiger partial charge in [-0.1, -0.05) is 12.8 Å². The van der Waals surface area contributed by atoms with Gasteiger partial charge < -0.3 is 30.7 Å². The molecule has 0 amide bonds. The number of piperidine rings is 1. The van der Waals surface area contributed by atoms with E-state index in [2.05, 4.69) is 25.3 Å². The van der Waals surface area contributed by atoms with Crippen LogP contribution in [-0.2, 0) is 0 Å². The third kappa shape index (κ3) is 4.90. The molecule has 0 saturated carbocycles. The van der Waals surface area contributed by atoms with Gasteiger partial charge in [-0.25, -0.2) is 9.97 Å².